The van der Waals surface area contributed by atoms with E-state index in [-0.39, 0.29) is 30.7 Å². The lowest BCUT2D eigenvalue weighted by Crippen LogP contribution is -2.56. The van der Waals surface area contributed by atoms with Crippen molar-refractivity contribution in [3.63, 3.8) is 0 Å². The van der Waals surface area contributed by atoms with Gasteiger partial charge in [0.2, 0.25) is 11.8 Å². The minimum absolute atomic E-state index is 0.00510. The van der Waals surface area contributed by atoms with Crippen LogP contribution in [0.4, 0.5) is 4.79 Å². The van der Waals surface area contributed by atoms with Gasteiger partial charge in [0.1, 0.15) is 41.3 Å². The molecule has 4 aliphatic rings. The van der Waals surface area contributed by atoms with Crippen molar-refractivity contribution < 1.29 is 47.7 Å². The summed E-state index contributed by atoms with van der Waals surface area (Å²) >= 11 is 0. The van der Waals surface area contributed by atoms with E-state index < -0.39 is 53.6 Å². The van der Waals surface area contributed by atoms with Crippen molar-refractivity contribution in [2.24, 2.45) is 5.92 Å². The first-order chi connectivity index (χ1) is 24.6. The molecule has 14 heteroatoms. The van der Waals surface area contributed by atoms with Crippen molar-refractivity contribution in [3.8, 4) is 11.5 Å². The summed E-state index contributed by atoms with van der Waals surface area (Å²) in [5.74, 6) is -1.62. The van der Waals surface area contributed by atoms with E-state index in [4.69, 9.17) is 23.7 Å². The molecule has 14 nitrogen and oxygen atoms in total. The number of carbonyl (C=O) groups is 5. The number of methoxy groups -OCH3 is 3. The van der Waals surface area contributed by atoms with Crippen LogP contribution in [0.5, 0.6) is 11.5 Å². The van der Waals surface area contributed by atoms with Crippen LogP contribution in [0.2, 0.25) is 0 Å². The summed E-state index contributed by atoms with van der Waals surface area (Å²) in [6.45, 7) is -0.00510. The van der Waals surface area contributed by atoms with Gasteiger partial charge in [-0.1, -0.05) is 25.0 Å². The lowest BCUT2D eigenvalue weighted by molar-refractivity contribution is -0.148. The van der Waals surface area contributed by atoms with Crippen molar-refractivity contribution in [1.29, 1.82) is 0 Å². The highest BCUT2D eigenvalue weighted by Gasteiger charge is 2.62. The summed E-state index contributed by atoms with van der Waals surface area (Å²) in [6, 6.07) is 4.63. The predicted molar refractivity (Wildman–Crippen MR) is 183 cm³/mol. The van der Waals surface area contributed by atoms with Gasteiger partial charge in [0.05, 0.1) is 33.4 Å². The number of hydrogen-bond acceptors (Lipinski definition) is 11. The van der Waals surface area contributed by atoms with Crippen LogP contribution < -0.4 is 20.1 Å². The van der Waals surface area contributed by atoms with Gasteiger partial charge in [0.15, 0.2) is 5.69 Å². The molecule has 2 saturated carbocycles. The highest BCUT2D eigenvalue weighted by atomic mass is 16.6. The maximum atomic E-state index is 14.4. The number of carbonyl (C=O) groups excluding carboxylic acids is 5. The Hall–Kier alpha value is -4.88. The number of nitrogens with one attached hydrogen (secondary N) is 2. The number of benzene rings is 1. The third-order valence-corrected chi connectivity index (χ3v) is 10.3. The van der Waals surface area contributed by atoms with Gasteiger partial charge in [-0.3, -0.25) is 9.59 Å². The zero-order valence-electron chi connectivity index (χ0n) is 29.3. The molecule has 3 amide bonds. The second-order valence-corrected chi connectivity index (χ2v) is 13.7. The molecule has 274 valence electrons. The first-order valence-electron chi connectivity index (χ1n) is 17.7. The fourth-order valence-corrected chi connectivity index (χ4v) is 7.44. The average Bonchev–Trinajstić information content (AvgIpc) is 3.41. The molecule has 2 N–H and O–H groups in total. The maximum absolute atomic E-state index is 14.4. The monoisotopic (exact) mass is 706 g/mol. The van der Waals surface area contributed by atoms with Crippen LogP contribution in [0.25, 0.3) is 10.9 Å². The average molecular weight is 707 g/mol. The number of amides is 3. The molecule has 0 spiro atoms. The largest absolute Gasteiger partial charge is 0.497 e. The number of ether oxygens (including phenoxy) is 5. The topological polar surface area (TPSA) is 172 Å². The van der Waals surface area contributed by atoms with Crippen molar-refractivity contribution in [3.05, 3.63) is 42.1 Å². The summed E-state index contributed by atoms with van der Waals surface area (Å²) in [5.41, 5.74) is -0.811. The first kappa shape index (κ1) is 35.9. The quantitative estimate of drug-likeness (QED) is 0.242. The van der Waals surface area contributed by atoms with Gasteiger partial charge in [-0.15, -0.1) is 0 Å². The van der Waals surface area contributed by atoms with Crippen LogP contribution in [0.15, 0.2) is 36.4 Å². The van der Waals surface area contributed by atoms with Crippen LogP contribution >= 0.6 is 0 Å². The molecule has 6 rings (SSSR count). The minimum Gasteiger partial charge on any atom is -0.497 e. The van der Waals surface area contributed by atoms with Crippen molar-refractivity contribution in [2.45, 2.75) is 100 Å². The number of hydrogen-bond donors (Lipinski definition) is 2. The lowest BCUT2D eigenvalue weighted by atomic mass is 10.0. The van der Waals surface area contributed by atoms with Gasteiger partial charge in [-0.25, -0.2) is 19.4 Å². The Kier molecular flexibility index (Phi) is 11.0. The highest BCUT2D eigenvalue weighted by Crippen LogP contribution is 2.46. The minimum atomic E-state index is -1.24. The third-order valence-electron chi connectivity index (χ3n) is 10.3. The zero-order chi connectivity index (χ0) is 36.1. The summed E-state index contributed by atoms with van der Waals surface area (Å²) in [6.07, 6.45) is 9.85. The highest BCUT2D eigenvalue weighted by molar-refractivity contribution is 5.97. The van der Waals surface area contributed by atoms with Gasteiger partial charge in [-0.05, 0) is 63.5 Å². The van der Waals surface area contributed by atoms with Gasteiger partial charge in [0, 0.05) is 29.9 Å². The standard InChI is InChI=1S/C37H46N4O10/c1-47-24-15-16-26-28(17-24)38-29(34(44)48-2)19-31(26)50-25-18-30-32(42)40-37(35(45)49-3)20-22(37)11-7-5-4-6-8-14-27(33(43)41(30)21-25)39-36(46)51-23-12-9-10-13-23/h7,11,15-17,19,22-23,25,27,30H,4-6,8-10,12-14,18,20-21H2,1-3H3,(H,39,46)(H,40,42)/b11-7-/t22?,25-,27+,30+,37-/m1/s1. The fraction of sp³-hybridized carbons (Fsp3) is 0.568. The first-order valence-corrected chi connectivity index (χ1v) is 17.7. The Morgan fingerprint density at radius 1 is 0.961 bits per heavy atom. The van der Waals surface area contributed by atoms with Crippen LogP contribution in [-0.4, -0.2) is 97.4 Å². The Labute approximate surface area is 296 Å². The van der Waals surface area contributed by atoms with Crippen molar-refractivity contribution >= 4 is 40.7 Å². The van der Waals surface area contributed by atoms with E-state index in [0.29, 0.717) is 41.7 Å². The number of alkyl carbamates (subject to hydrolysis) is 1. The number of esters is 2. The van der Waals surface area contributed by atoms with Crippen molar-refractivity contribution in [1.82, 2.24) is 20.5 Å². The second kappa shape index (κ2) is 15.6. The Morgan fingerprint density at radius 2 is 1.75 bits per heavy atom. The summed E-state index contributed by atoms with van der Waals surface area (Å²) in [4.78, 5) is 73.1. The fourth-order valence-electron chi connectivity index (χ4n) is 7.44. The molecule has 2 aromatic rings. The number of allylic oxidation sites excluding steroid dienone is 1. The molecule has 1 unspecified atom stereocenters. The maximum Gasteiger partial charge on any atom is 0.408 e. The molecule has 3 fully saturated rings. The summed E-state index contributed by atoms with van der Waals surface area (Å²) in [7, 11) is 4.05. The van der Waals surface area contributed by atoms with Crippen LogP contribution in [-0.2, 0) is 28.6 Å². The van der Waals surface area contributed by atoms with Crippen LogP contribution in [0.1, 0.15) is 81.1 Å². The Morgan fingerprint density at radius 3 is 2.49 bits per heavy atom. The molecular formula is C37H46N4O10. The molecular weight excluding hydrogens is 660 g/mol. The number of aromatic nitrogens is 1. The molecule has 0 radical (unpaired) electrons. The predicted octanol–water partition coefficient (Wildman–Crippen LogP) is 3.98. The van der Waals surface area contributed by atoms with Crippen LogP contribution in [0.3, 0.4) is 0 Å². The number of pyridine rings is 1. The molecule has 0 bridgehead atoms. The molecule has 51 heavy (non-hydrogen) atoms. The van der Waals surface area contributed by atoms with E-state index in [2.05, 4.69) is 15.6 Å². The smallest absolute Gasteiger partial charge is 0.408 e. The Balaban J connectivity index is 1.32. The normalized spacial score (nSPS) is 27.5. The number of rotatable bonds is 7. The molecule has 3 heterocycles. The molecule has 2 aliphatic carbocycles. The molecule has 1 aromatic carbocycles. The summed E-state index contributed by atoms with van der Waals surface area (Å²) < 4.78 is 27.5. The van der Waals surface area contributed by atoms with E-state index in [1.165, 1.54) is 32.3 Å². The second-order valence-electron chi connectivity index (χ2n) is 13.7. The Bertz CT molecular complexity index is 1690. The van der Waals surface area contributed by atoms with Gasteiger partial charge in [-0.2, -0.15) is 0 Å². The van der Waals surface area contributed by atoms with Crippen molar-refractivity contribution in [2.75, 3.05) is 27.9 Å². The number of nitrogens with zero attached hydrogens (tertiary/aromatic N) is 2. The van der Waals surface area contributed by atoms with Crippen LogP contribution in [0, 0.1) is 5.92 Å². The van der Waals surface area contributed by atoms with E-state index in [1.807, 2.05) is 12.2 Å². The van der Waals surface area contributed by atoms with E-state index in [0.717, 1.165) is 44.9 Å². The van der Waals surface area contributed by atoms with E-state index >= 15 is 0 Å². The molecule has 1 saturated heterocycles. The lowest BCUT2D eigenvalue weighted by Gasteiger charge is -2.29. The van der Waals surface area contributed by atoms with E-state index in [1.54, 1.807) is 18.2 Å². The third kappa shape index (κ3) is 7.89. The SMILES string of the molecule is COC(=O)c1cc(O[C@@H]2C[C@H]3C(=O)N[C@]4(C(=O)OC)CC4/C=C\CCCCC[C@H](NC(=O)OC4CCCC4)C(=O)N3C2)c2ccc(OC)cc2n1. The number of fused-ring (bicyclic) bond motifs is 3. The van der Waals surface area contributed by atoms with Gasteiger partial charge < -0.3 is 39.2 Å². The van der Waals surface area contributed by atoms with E-state index in [9.17, 15) is 24.0 Å². The van der Waals surface area contributed by atoms with Gasteiger partial charge >= 0.3 is 18.0 Å². The molecule has 1 aromatic heterocycles. The molecule has 5 atom stereocenters. The summed E-state index contributed by atoms with van der Waals surface area (Å²) in [5, 5.41) is 6.32. The van der Waals surface area contributed by atoms with Gasteiger partial charge in [0.25, 0.3) is 0 Å². The molecule has 2 aliphatic heterocycles. The zero-order valence-corrected chi connectivity index (χ0v) is 29.3.